The SMILES string of the molecule is O=C(NCc1nc2ccccc2[nH]1)C1=C[C@H](C2CCCCC2)C[C@H](OCc2ccc(CO)cc2)O1. The molecule has 0 saturated heterocycles. The highest BCUT2D eigenvalue weighted by atomic mass is 16.7. The molecule has 0 spiro atoms. The van der Waals surface area contributed by atoms with E-state index in [1.54, 1.807) is 0 Å². The van der Waals surface area contributed by atoms with Crippen LogP contribution in [0.3, 0.4) is 0 Å². The molecule has 1 aromatic heterocycles. The van der Waals surface area contributed by atoms with E-state index < -0.39 is 6.29 Å². The highest BCUT2D eigenvalue weighted by molar-refractivity contribution is 5.91. The quantitative estimate of drug-likeness (QED) is 0.438. The maximum absolute atomic E-state index is 13.1. The lowest BCUT2D eigenvalue weighted by Gasteiger charge is -2.35. The molecule has 1 aliphatic carbocycles. The van der Waals surface area contributed by atoms with E-state index in [4.69, 9.17) is 9.47 Å². The monoisotopic (exact) mass is 475 g/mol. The zero-order valence-corrected chi connectivity index (χ0v) is 19.9. The molecule has 7 nitrogen and oxygen atoms in total. The van der Waals surface area contributed by atoms with Gasteiger partial charge in [-0.05, 0) is 54.0 Å². The van der Waals surface area contributed by atoms with Gasteiger partial charge < -0.3 is 24.9 Å². The number of nitrogens with one attached hydrogen (secondary N) is 2. The van der Waals surface area contributed by atoms with Crippen molar-refractivity contribution in [3.05, 3.63) is 77.3 Å². The lowest BCUT2D eigenvalue weighted by molar-refractivity contribution is -0.156. The third kappa shape index (κ3) is 5.92. The Kier molecular flexibility index (Phi) is 7.45. The fourth-order valence-corrected chi connectivity index (χ4v) is 5.11. The predicted molar refractivity (Wildman–Crippen MR) is 133 cm³/mol. The summed E-state index contributed by atoms with van der Waals surface area (Å²) in [5.41, 5.74) is 3.70. The van der Waals surface area contributed by atoms with E-state index in [1.165, 1.54) is 32.1 Å². The molecule has 2 aromatic carbocycles. The number of carbonyl (C=O) groups excluding carboxylic acids is 1. The number of nitrogens with zero attached hydrogens (tertiary/aromatic N) is 1. The highest BCUT2D eigenvalue weighted by Crippen LogP contribution is 2.37. The first kappa shape index (κ1) is 23.6. The van der Waals surface area contributed by atoms with Gasteiger partial charge in [-0.25, -0.2) is 4.98 Å². The molecule has 5 rings (SSSR count). The molecule has 0 bridgehead atoms. The van der Waals surface area contributed by atoms with E-state index in [1.807, 2.05) is 54.6 Å². The first-order chi connectivity index (χ1) is 17.2. The van der Waals surface area contributed by atoms with Gasteiger partial charge in [0.1, 0.15) is 5.82 Å². The first-order valence-electron chi connectivity index (χ1n) is 12.6. The highest BCUT2D eigenvalue weighted by Gasteiger charge is 2.33. The van der Waals surface area contributed by atoms with Gasteiger partial charge in [-0.3, -0.25) is 4.79 Å². The molecule has 1 aliphatic heterocycles. The maximum Gasteiger partial charge on any atom is 0.286 e. The molecule has 0 radical (unpaired) electrons. The van der Waals surface area contributed by atoms with Crippen LogP contribution in [0.2, 0.25) is 0 Å². The van der Waals surface area contributed by atoms with Gasteiger partial charge in [-0.1, -0.05) is 55.7 Å². The summed E-state index contributed by atoms with van der Waals surface area (Å²) >= 11 is 0. The van der Waals surface area contributed by atoms with Crippen molar-refractivity contribution < 1.29 is 19.4 Å². The molecular formula is C28H33N3O4. The van der Waals surface area contributed by atoms with Gasteiger partial charge in [0.05, 0.1) is 30.8 Å². The minimum Gasteiger partial charge on any atom is -0.459 e. The Hall–Kier alpha value is -3.16. The number of ether oxygens (including phenoxy) is 2. The van der Waals surface area contributed by atoms with Gasteiger partial charge in [0.15, 0.2) is 5.76 Å². The maximum atomic E-state index is 13.1. The van der Waals surface area contributed by atoms with Gasteiger partial charge >= 0.3 is 0 Å². The van der Waals surface area contributed by atoms with E-state index in [-0.39, 0.29) is 18.4 Å². The standard InChI is InChI=1S/C28H33N3O4/c32-17-19-10-12-20(13-11-19)18-34-27-15-22(21-6-2-1-3-7-21)14-25(35-27)28(33)29-16-26-30-23-8-4-5-9-24(23)31-26/h4-5,8-14,21-22,27,32H,1-3,6-7,15-18H2,(H,29,33)(H,30,31)/t22-,27+/m0/s1. The Morgan fingerprint density at radius 1 is 1.09 bits per heavy atom. The second kappa shape index (κ2) is 11.1. The molecule has 1 fully saturated rings. The number of aliphatic hydroxyl groups excluding tert-OH is 1. The molecular weight excluding hydrogens is 442 g/mol. The molecule has 0 unspecified atom stereocenters. The first-order valence-corrected chi connectivity index (χ1v) is 12.6. The van der Waals surface area contributed by atoms with Crippen LogP contribution in [0.5, 0.6) is 0 Å². The summed E-state index contributed by atoms with van der Waals surface area (Å²) in [5.74, 6) is 1.62. The third-order valence-electron chi connectivity index (χ3n) is 7.06. The lowest BCUT2D eigenvalue weighted by Crippen LogP contribution is -2.35. The molecule has 1 saturated carbocycles. The summed E-state index contributed by atoms with van der Waals surface area (Å²) in [4.78, 5) is 20.9. The van der Waals surface area contributed by atoms with Crippen LogP contribution in [-0.4, -0.2) is 27.3 Å². The van der Waals surface area contributed by atoms with E-state index in [2.05, 4.69) is 15.3 Å². The van der Waals surface area contributed by atoms with Gasteiger partial charge in [-0.15, -0.1) is 0 Å². The van der Waals surface area contributed by atoms with Crippen LogP contribution in [0.4, 0.5) is 0 Å². The van der Waals surface area contributed by atoms with Crippen LogP contribution in [-0.2, 0) is 34.0 Å². The molecule has 3 N–H and O–H groups in total. The number of amides is 1. The molecule has 3 aromatic rings. The van der Waals surface area contributed by atoms with Crippen molar-refractivity contribution in [2.75, 3.05) is 0 Å². The summed E-state index contributed by atoms with van der Waals surface area (Å²) in [6.07, 6.45) is 8.43. The molecule has 2 heterocycles. The number of para-hydroxylation sites is 2. The van der Waals surface area contributed by atoms with Gasteiger partial charge in [-0.2, -0.15) is 0 Å². The fourth-order valence-electron chi connectivity index (χ4n) is 5.11. The normalized spacial score (nSPS) is 20.9. The fraction of sp³-hybridized carbons (Fsp3) is 0.429. The van der Waals surface area contributed by atoms with Gasteiger partial charge in [0.2, 0.25) is 6.29 Å². The number of rotatable bonds is 8. The third-order valence-corrected chi connectivity index (χ3v) is 7.06. The smallest absolute Gasteiger partial charge is 0.286 e. The number of fused-ring (bicyclic) bond motifs is 1. The number of aromatic nitrogens is 2. The number of allylic oxidation sites excluding steroid dienone is 1. The van der Waals surface area contributed by atoms with Gasteiger partial charge in [0.25, 0.3) is 5.91 Å². The number of aliphatic hydroxyl groups is 1. The number of imidazole rings is 1. The van der Waals surface area contributed by atoms with E-state index in [0.29, 0.717) is 30.7 Å². The summed E-state index contributed by atoms with van der Waals surface area (Å²) in [6.45, 7) is 0.708. The molecule has 1 amide bonds. The van der Waals surface area contributed by atoms with Crippen molar-refractivity contribution in [1.29, 1.82) is 0 Å². The predicted octanol–water partition coefficient (Wildman–Crippen LogP) is 4.72. The van der Waals surface area contributed by atoms with Crippen molar-refractivity contribution in [1.82, 2.24) is 15.3 Å². The Morgan fingerprint density at radius 3 is 2.63 bits per heavy atom. The molecule has 2 atom stereocenters. The van der Waals surface area contributed by atoms with E-state index >= 15 is 0 Å². The number of benzene rings is 2. The molecule has 7 heteroatoms. The van der Waals surface area contributed by atoms with Crippen molar-refractivity contribution in [2.45, 2.75) is 64.6 Å². The summed E-state index contributed by atoms with van der Waals surface area (Å²) < 4.78 is 12.2. The van der Waals surface area contributed by atoms with Crippen LogP contribution >= 0.6 is 0 Å². The van der Waals surface area contributed by atoms with Crippen LogP contribution in [0.15, 0.2) is 60.4 Å². The van der Waals surface area contributed by atoms with E-state index in [0.717, 1.165) is 28.6 Å². The second-order valence-electron chi connectivity index (χ2n) is 9.54. The number of carbonyl (C=O) groups is 1. The van der Waals surface area contributed by atoms with Crippen molar-refractivity contribution in [2.24, 2.45) is 11.8 Å². The average molecular weight is 476 g/mol. The van der Waals surface area contributed by atoms with Crippen LogP contribution in [0.25, 0.3) is 11.0 Å². The summed E-state index contributed by atoms with van der Waals surface area (Å²) in [7, 11) is 0. The van der Waals surface area contributed by atoms with Crippen molar-refractivity contribution in [3.8, 4) is 0 Å². The van der Waals surface area contributed by atoms with Crippen molar-refractivity contribution in [3.63, 3.8) is 0 Å². The Balaban J connectivity index is 1.25. The average Bonchev–Trinajstić information content (AvgIpc) is 3.34. The molecule has 2 aliphatic rings. The zero-order chi connectivity index (χ0) is 24.0. The number of hydrogen-bond acceptors (Lipinski definition) is 5. The minimum absolute atomic E-state index is 0.0211. The summed E-state index contributed by atoms with van der Waals surface area (Å²) in [6, 6.07) is 15.5. The summed E-state index contributed by atoms with van der Waals surface area (Å²) in [5, 5.41) is 12.2. The van der Waals surface area contributed by atoms with Crippen molar-refractivity contribution >= 4 is 16.9 Å². The lowest BCUT2D eigenvalue weighted by atomic mass is 9.77. The topological polar surface area (TPSA) is 96.5 Å². The Labute approximate surface area is 205 Å². The van der Waals surface area contributed by atoms with Crippen LogP contribution in [0, 0.1) is 11.8 Å². The number of H-pyrrole nitrogens is 1. The number of aromatic amines is 1. The number of hydrogen-bond donors (Lipinski definition) is 3. The van der Waals surface area contributed by atoms with E-state index in [9.17, 15) is 9.90 Å². The Morgan fingerprint density at radius 2 is 1.86 bits per heavy atom. The van der Waals surface area contributed by atoms with Crippen LogP contribution < -0.4 is 5.32 Å². The molecule has 35 heavy (non-hydrogen) atoms. The minimum atomic E-state index is -0.476. The molecule has 184 valence electrons. The Bertz CT molecular complexity index is 1130. The zero-order valence-electron chi connectivity index (χ0n) is 19.9. The largest absolute Gasteiger partial charge is 0.459 e. The van der Waals surface area contributed by atoms with Gasteiger partial charge in [0, 0.05) is 6.42 Å². The second-order valence-corrected chi connectivity index (χ2v) is 9.54. The van der Waals surface area contributed by atoms with Crippen LogP contribution in [0.1, 0.15) is 55.5 Å².